The van der Waals surface area contributed by atoms with Gasteiger partial charge in [0, 0.05) is 0 Å². The molecule has 0 saturated heterocycles. The van der Waals surface area contributed by atoms with E-state index in [0.717, 1.165) is 0 Å². The maximum atomic E-state index is 12.1. The van der Waals surface area contributed by atoms with Crippen molar-refractivity contribution in [1.82, 2.24) is 16.0 Å². The van der Waals surface area contributed by atoms with Crippen LogP contribution in [0, 0.1) is 5.92 Å². The molecule has 0 spiro atoms. The first-order valence-corrected chi connectivity index (χ1v) is 8.62. The maximum absolute atomic E-state index is 12.1. The van der Waals surface area contributed by atoms with Gasteiger partial charge in [-0.3, -0.25) is 24.0 Å². The van der Waals surface area contributed by atoms with Gasteiger partial charge in [0.25, 0.3) is 0 Å². The highest BCUT2D eigenvalue weighted by Crippen LogP contribution is 2.04. The Kier molecular flexibility index (Phi) is 10.9. The zero-order valence-electron chi connectivity index (χ0n) is 16.0. The minimum atomic E-state index is -1.61. The van der Waals surface area contributed by atoms with Crippen molar-refractivity contribution in [1.29, 1.82) is 0 Å². The van der Waals surface area contributed by atoms with Gasteiger partial charge in [-0.1, -0.05) is 13.8 Å². The van der Waals surface area contributed by atoms with Gasteiger partial charge >= 0.3 is 17.9 Å². The number of rotatable bonds is 13. The van der Waals surface area contributed by atoms with Crippen LogP contribution in [0.15, 0.2) is 0 Å². The summed E-state index contributed by atoms with van der Waals surface area (Å²) in [5.41, 5.74) is 5.35. The van der Waals surface area contributed by atoms with Gasteiger partial charge in [0.1, 0.15) is 12.1 Å². The number of nitrogens with two attached hydrogens (primary N) is 1. The van der Waals surface area contributed by atoms with E-state index in [1.165, 1.54) is 0 Å². The van der Waals surface area contributed by atoms with Gasteiger partial charge in [0.2, 0.25) is 17.7 Å². The van der Waals surface area contributed by atoms with E-state index in [1.54, 1.807) is 13.8 Å². The number of carboxylic acid groups (broad SMARTS) is 3. The molecule has 8 N–H and O–H groups in total. The second-order valence-electron chi connectivity index (χ2n) is 6.67. The first-order valence-electron chi connectivity index (χ1n) is 8.62. The van der Waals surface area contributed by atoms with Crippen LogP contribution in [0.4, 0.5) is 0 Å². The third-order valence-electron chi connectivity index (χ3n) is 3.51. The lowest BCUT2D eigenvalue weighted by molar-refractivity contribution is -0.143. The lowest BCUT2D eigenvalue weighted by atomic mass is 10.0. The fourth-order valence-electron chi connectivity index (χ4n) is 2.17. The van der Waals surface area contributed by atoms with Crippen molar-refractivity contribution in [2.24, 2.45) is 11.7 Å². The summed E-state index contributed by atoms with van der Waals surface area (Å²) in [6, 6.07) is -4.28. The predicted molar refractivity (Wildman–Crippen MR) is 96.4 cm³/mol. The van der Waals surface area contributed by atoms with Gasteiger partial charge < -0.3 is 37.0 Å². The third-order valence-corrected chi connectivity index (χ3v) is 3.51. The average Bonchev–Trinajstić information content (AvgIpc) is 2.56. The Morgan fingerprint density at radius 3 is 1.83 bits per heavy atom. The monoisotopic (exact) mass is 418 g/mol. The summed E-state index contributed by atoms with van der Waals surface area (Å²) in [7, 11) is 0. The average molecular weight is 418 g/mol. The minimum absolute atomic E-state index is 0.0174. The fourth-order valence-corrected chi connectivity index (χ4v) is 2.17. The molecule has 3 amide bonds. The lowest BCUT2D eigenvalue weighted by Gasteiger charge is -2.20. The zero-order chi connectivity index (χ0) is 22.7. The molecule has 3 unspecified atom stereocenters. The highest BCUT2D eigenvalue weighted by molar-refractivity contribution is 5.95. The molecule has 164 valence electrons. The molecule has 0 aliphatic rings. The molecule has 0 aromatic heterocycles. The maximum Gasteiger partial charge on any atom is 0.326 e. The minimum Gasteiger partial charge on any atom is -0.481 e. The normalized spacial score (nSPS) is 13.7. The summed E-state index contributed by atoms with van der Waals surface area (Å²) in [6.45, 7) is 2.87. The van der Waals surface area contributed by atoms with Gasteiger partial charge in [0.05, 0.1) is 25.4 Å². The van der Waals surface area contributed by atoms with Crippen LogP contribution in [0.1, 0.15) is 33.1 Å². The van der Waals surface area contributed by atoms with Crippen molar-refractivity contribution in [3.63, 3.8) is 0 Å². The molecule has 13 heteroatoms. The summed E-state index contributed by atoms with van der Waals surface area (Å²) in [4.78, 5) is 68.4. The van der Waals surface area contributed by atoms with Gasteiger partial charge in [0.15, 0.2) is 0 Å². The number of carbonyl (C=O) groups excluding carboxylic acids is 3. The molecule has 0 aliphatic carbocycles. The highest BCUT2D eigenvalue weighted by Gasteiger charge is 2.28. The van der Waals surface area contributed by atoms with Crippen LogP contribution in [-0.4, -0.2) is 75.6 Å². The molecular weight excluding hydrogens is 392 g/mol. The number of hydrogen-bond acceptors (Lipinski definition) is 7. The van der Waals surface area contributed by atoms with Crippen LogP contribution in [0.5, 0.6) is 0 Å². The first kappa shape index (κ1) is 25.8. The second-order valence-corrected chi connectivity index (χ2v) is 6.67. The number of amides is 3. The third kappa shape index (κ3) is 11.3. The summed E-state index contributed by atoms with van der Waals surface area (Å²) in [5.74, 6) is -6.98. The van der Waals surface area contributed by atoms with Crippen LogP contribution in [0.25, 0.3) is 0 Å². The Labute approximate surface area is 166 Å². The van der Waals surface area contributed by atoms with Crippen molar-refractivity contribution in [3.05, 3.63) is 0 Å². The standard InChI is InChI=1S/C16H26N4O9/c1-7(2)3-10(16(28)29)19-11(21)6-18-15(27)9(5-13(24)25)20-14(26)8(17)4-12(22)23/h7-10H,3-6,17H2,1-2H3,(H,18,27)(H,19,21)(H,20,26)(H,22,23)(H,24,25)(H,28,29). The van der Waals surface area contributed by atoms with E-state index in [9.17, 15) is 28.8 Å². The Morgan fingerprint density at radius 2 is 1.38 bits per heavy atom. The molecule has 3 atom stereocenters. The van der Waals surface area contributed by atoms with Crippen molar-refractivity contribution in [2.75, 3.05) is 6.54 Å². The Hall–Kier alpha value is -3.22. The summed E-state index contributed by atoms with van der Waals surface area (Å²) in [6.07, 6.45) is -1.42. The topological polar surface area (TPSA) is 225 Å². The molecule has 0 radical (unpaired) electrons. The van der Waals surface area contributed by atoms with Crippen LogP contribution >= 0.6 is 0 Å². The van der Waals surface area contributed by atoms with E-state index in [-0.39, 0.29) is 12.3 Å². The van der Waals surface area contributed by atoms with E-state index in [4.69, 9.17) is 21.1 Å². The van der Waals surface area contributed by atoms with Crippen LogP contribution in [0.2, 0.25) is 0 Å². The summed E-state index contributed by atoms with van der Waals surface area (Å²) in [5, 5.41) is 32.9. The molecular formula is C16H26N4O9. The van der Waals surface area contributed by atoms with Crippen molar-refractivity contribution < 1.29 is 44.1 Å². The van der Waals surface area contributed by atoms with E-state index < -0.39 is 73.1 Å². The van der Waals surface area contributed by atoms with E-state index in [0.29, 0.717) is 0 Å². The van der Waals surface area contributed by atoms with Gasteiger partial charge in [-0.05, 0) is 12.3 Å². The molecule has 29 heavy (non-hydrogen) atoms. The van der Waals surface area contributed by atoms with E-state index in [2.05, 4.69) is 10.6 Å². The van der Waals surface area contributed by atoms with E-state index >= 15 is 0 Å². The van der Waals surface area contributed by atoms with E-state index in [1.807, 2.05) is 5.32 Å². The molecule has 0 saturated carbocycles. The number of hydrogen-bond donors (Lipinski definition) is 7. The smallest absolute Gasteiger partial charge is 0.326 e. The molecule has 0 fully saturated rings. The Balaban J connectivity index is 4.87. The largest absolute Gasteiger partial charge is 0.481 e. The first-order chi connectivity index (χ1) is 13.3. The quantitative estimate of drug-likeness (QED) is 0.166. The Morgan fingerprint density at radius 1 is 0.828 bits per heavy atom. The van der Waals surface area contributed by atoms with Gasteiger partial charge in [-0.15, -0.1) is 0 Å². The molecule has 0 bridgehead atoms. The summed E-state index contributed by atoms with van der Waals surface area (Å²) < 4.78 is 0. The Bertz CT molecular complexity index is 650. The molecule has 0 aromatic rings. The lowest BCUT2D eigenvalue weighted by Crippen LogP contribution is -2.54. The fraction of sp³-hybridized carbons (Fsp3) is 0.625. The van der Waals surface area contributed by atoms with Gasteiger partial charge in [-0.25, -0.2) is 4.79 Å². The van der Waals surface area contributed by atoms with Crippen LogP contribution < -0.4 is 21.7 Å². The number of carboxylic acids is 3. The van der Waals surface area contributed by atoms with Crippen molar-refractivity contribution >= 4 is 35.6 Å². The molecule has 13 nitrogen and oxygen atoms in total. The number of carbonyl (C=O) groups is 6. The number of aliphatic carboxylic acids is 3. The zero-order valence-corrected chi connectivity index (χ0v) is 16.0. The second kappa shape index (κ2) is 12.3. The highest BCUT2D eigenvalue weighted by atomic mass is 16.4. The SMILES string of the molecule is CC(C)CC(NC(=O)CNC(=O)C(CC(=O)O)NC(=O)C(N)CC(=O)O)C(=O)O. The van der Waals surface area contributed by atoms with Crippen LogP contribution in [0.3, 0.4) is 0 Å². The summed E-state index contributed by atoms with van der Waals surface area (Å²) >= 11 is 0. The van der Waals surface area contributed by atoms with Gasteiger partial charge in [-0.2, -0.15) is 0 Å². The van der Waals surface area contributed by atoms with Crippen LogP contribution in [-0.2, 0) is 28.8 Å². The number of nitrogens with one attached hydrogen (secondary N) is 3. The molecule has 0 aromatic carbocycles. The van der Waals surface area contributed by atoms with Crippen molar-refractivity contribution in [3.8, 4) is 0 Å². The molecule has 0 rings (SSSR count). The predicted octanol–water partition coefficient (Wildman–Crippen LogP) is -2.52. The molecule has 0 aliphatic heterocycles. The molecule has 0 heterocycles. The van der Waals surface area contributed by atoms with Crippen molar-refractivity contribution in [2.45, 2.75) is 51.2 Å².